The highest BCUT2D eigenvalue weighted by Gasteiger charge is 2.18. The number of halogens is 1. The Morgan fingerprint density at radius 2 is 1.87 bits per heavy atom. The van der Waals surface area contributed by atoms with Gasteiger partial charge in [0, 0.05) is 44.1 Å². The van der Waals surface area contributed by atoms with Crippen LogP contribution in [0.2, 0.25) is 0 Å². The van der Waals surface area contributed by atoms with E-state index < -0.39 is 0 Å². The molecule has 1 fully saturated rings. The molecule has 0 radical (unpaired) electrons. The van der Waals surface area contributed by atoms with Crippen LogP contribution in [0.15, 0.2) is 4.79 Å². The zero-order valence-electron chi connectivity index (χ0n) is 13.6. The molecule has 3 rings (SSSR count). The Kier molecular flexibility index (Phi) is 6.16. The zero-order valence-corrected chi connectivity index (χ0v) is 15.2. The van der Waals surface area contributed by atoms with Crippen molar-refractivity contribution in [3.05, 3.63) is 26.6 Å². The number of aromatic amines is 1. The lowest BCUT2D eigenvalue weighted by Gasteiger charge is -2.34. The number of thiophene rings is 1. The molecule has 23 heavy (non-hydrogen) atoms. The molecule has 0 bridgehead atoms. The Hall–Kier alpha value is -0.990. The third-order valence-corrected chi connectivity index (χ3v) is 5.47. The second kappa shape index (κ2) is 7.72. The number of nitrogens with one attached hydrogen (secondary N) is 1. The fourth-order valence-electron chi connectivity index (χ4n) is 2.94. The van der Waals surface area contributed by atoms with Gasteiger partial charge in [0.25, 0.3) is 5.56 Å². The minimum absolute atomic E-state index is 0. The van der Waals surface area contributed by atoms with Crippen LogP contribution in [-0.4, -0.2) is 59.0 Å². The highest BCUT2D eigenvalue weighted by atomic mass is 35.5. The fraction of sp³-hybridized carbons (Fsp3) is 0.600. The second-order valence-electron chi connectivity index (χ2n) is 5.88. The van der Waals surface area contributed by atoms with Crippen molar-refractivity contribution in [2.75, 3.05) is 39.3 Å². The summed E-state index contributed by atoms with van der Waals surface area (Å²) in [6, 6.07) is 0. The first-order valence-corrected chi connectivity index (χ1v) is 8.54. The van der Waals surface area contributed by atoms with Gasteiger partial charge in [0.05, 0.1) is 11.9 Å². The van der Waals surface area contributed by atoms with E-state index in [-0.39, 0.29) is 18.0 Å². The summed E-state index contributed by atoms with van der Waals surface area (Å²) >= 11 is 1.60. The lowest BCUT2D eigenvalue weighted by Crippen LogP contribution is -2.47. The van der Waals surface area contributed by atoms with Crippen LogP contribution in [0.5, 0.6) is 0 Å². The van der Waals surface area contributed by atoms with Crippen molar-refractivity contribution in [1.29, 1.82) is 0 Å². The first-order valence-electron chi connectivity index (χ1n) is 7.72. The highest BCUT2D eigenvalue weighted by Crippen LogP contribution is 2.25. The number of fused-ring (bicyclic) bond motifs is 1. The number of rotatable bonds is 4. The van der Waals surface area contributed by atoms with Gasteiger partial charge in [-0.15, -0.1) is 23.7 Å². The molecular weight excluding hydrogens is 334 g/mol. The Morgan fingerprint density at radius 1 is 1.22 bits per heavy atom. The van der Waals surface area contributed by atoms with Gasteiger partial charge in [-0.05, 0) is 19.4 Å². The topological polar surface area (TPSA) is 78.2 Å². The maximum absolute atomic E-state index is 12.3. The van der Waals surface area contributed by atoms with E-state index in [0.717, 1.165) is 54.3 Å². The molecule has 8 heteroatoms. The van der Waals surface area contributed by atoms with E-state index in [9.17, 15) is 4.79 Å². The van der Waals surface area contributed by atoms with Gasteiger partial charge in [-0.3, -0.25) is 14.6 Å². The monoisotopic (exact) mass is 357 g/mol. The van der Waals surface area contributed by atoms with Gasteiger partial charge < -0.3 is 10.7 Å². The van der Waals surface area contributed by atoms with Crippen molar-refractivity contribution in [3.8, 4) is 0 Å². The highest BCUT2D eigenvalue weighted by molar-refractivity contribution is 7.18. The number of piperazine rings is 1. The summed E-state index contributed by atoms with van der Waals surface area (Å²) in [5, 5.41) is 0.749. The molecular formula is C15H24ClN5OS. The lowest BCUT2D eigenvalue weighted by atomic mass is 10.2. The van der Waals surface area contributed by atoms with Gasteiger partial charge >= 0.3 is 0 Å². The molecule has 3 heterocycles. The minimum atomic E-state index is -0.0105. The molecule has 0 aromatic carbocycles. The van der Waals surface area contributed by atoms with Gasteiger partial charge in [0.15, 0.2) is 0 Å². The number of hydrogen-bond acceptors (Lipinski definition) is 6. The average molecular weight is 358 g/mol. The van der Waals surface area contributed by atoms with Crippen LogP contribution in [0.4, 0.5) is 0 Å². The minimum Gasteiger partial charge on any atom is -0.329 e. The van der Waals surface area contributed by atoms with Crippen molar-refractivity contribution < 1.29 is 0 Å². The summed E-state index contributed by atoms with van der Waals surface area (Å²) < 4.78 is 0. The second-order valence-corrected chi connectivity index (χ2v) is 7.09. The molecule has 0 amide bonds. The Balaban J connectivity index is 0.00000192. The van der Waals surface area contributed by atoms with Crippen LogP contribution in [0.1, 0.15) is 16.3 Å². The Bertz CT molecular complexity index is 720. The van der Waals surface area contributed by atoms with Crippen molar-refractivity contribution in [3.63, 3.8) is 0 Å². The molecule has 0 atom stereocenters. The van der Waals surface area contributed by atoms with Gasteiger partial charge in [-0.1, -0.05) is 0 Å². The van der Waals surface area contributed by atoms with Gasteiger partial charge in [0.2, 0.25) is 0 Å². The molecule has 2 aromatic rings. The molecule has 0 spiro atoms. The summed E-state index contributed by atoms with van der Waals surface area (Å²) in [7, 11) is 0. The molecule has 1 aliphatic rings. The smallest absolute Gasteiger partial charge is 0.259 e. The third kappa shape index (κ3) is 3.92. The van der Waals surface area contributed by atoms with E-state index in [4.69, 9.17) is 5.73 Å². The van der Waals surface area contributed by atoms with Crippen molar-refractivity contribution in [2.24, 2.45) is 5.73 Å². The molecule has 1 aliphatic heterocycles. The predicted molar refractivity (Wildman–Crippen MR) is 97.7 cm³/mol. The lowest BCUT2D eigenvalue weighted by molar-refractivity contribution is 0.127. The van der Waals surface area contributed by atoms with Crippen molar-refractivity contribution in [2.45, 2.75) is 20.4 Å². The maximum Gasteiger partial charge on any atom is 0.259 e. The molecule has 0 aliphatic carbocycles. The largest absolute Gasteiger partial charge is 0.329 e. The maximum atomic E-state index is 12.3. The summed E-state index contributed by atoms with van der Waals surface area (Å²) in [6.45, 7) is 10.4. The number of hydrogen-bond donors (Lipinski definition) is 2. The van der Waals surface area contributed by atoms with Crippen LogP contribution in [0, 0.1) is 13.8 Å². The van der Waals surface area contributed by atoms with Gasteiger partial charge in [-0.2, -0.15) is 0 Å². The van der Waals surface area contributed by atoms with Crippen LogP contribution in [-0.2, 0) is 6.54 Å². The summed E-state index contributed by atoms with van der Waals surface area (Å²) in [5.41, 5.74) is 6.64. The molecule has 0 unspecified atom stereocenters. The number of nitrogens with zero attached hydrogens (tertiary/aromatic N) is 3. The molecule has 3 N–H and O–H groups in total. The molecule has 128 valence electrons. The van der Waals surface area contributed by atoms with Crippen LogP contribution in [0.3, 0.4) is 0 Å². The fourth-order valence-corrected chi connectivity index (χ4v) is 3.99. The van der Waals surface area contributed by atoms with Crippen molar-refractivity contribution >= 4 is 34.0 Å². The summed E-state index contributed by atoms with van der Waals surface area (Å²) in [4.78, 5) is 26.6. The summed E-state index contributed by atoms with van der Waals surface area (Å²) in [5.74, 6) is 0.769. The first kappa shape index (κ1) is 18.4. The van der Waals surface area contributed by atoms with Gasteiger partial charge in [-0.25, -0.2) is 4.98 Å². The van der Waals surface area contributed by atoms with E-state index in [1.54, 1.807) is 11.3 Å². The van der Waals surface area contributed by atoms with Gasteiger partial charge in [0.1, 0.15) is 10.7 Å². The van der Waals surface area contributed by atoms with Crippen LogP contribution >= 0.6 is 23.7 Å². The summed E-state index contributed by atoms with van der Waals surface area (Å²) in [6.07, 6.45) is 0. The number of aryl methyl sites for hydroxylation is 2. The SMILES string of the molecule is Cc1sc2nc(CN3CCN(CCN)CC3)[nH]c(=O)c2c1C.Cl. The first-order chi connectivity index (χ1) is 10.6. The Morgan fingerprint density at radius 3 is 2.52 bits per heavy atom. The van der Waals surface area contributed by atoms with Crippen molar-refractivity contribution in [1.82, 2.24) is 19.8 Å². The normalized spacial score (nSPS) is 16.7. The molecule has 2 aromatic heterocycles. The van der Waals surface area contributed by atoms with Crippen LogP contribution < -0.4 is 11.3 Å². The zero-order chi connectivity index (χ0) is 15.7. The van der Waals surface area contributed by atoms with E-state index in [2.05, 4.69) is 19.8 Å². The number of nitrogens with two attached hydrogens (primary N) is 1. The molecule has 0 saturated carbocycles. The standard InChI is InChI=1S/C15H23N5OS.ClH/c1-10-11(2)22-15-13(10)14(21)17-12(18-15)9-20-7-5-19(4-3-16)6-8-20;/h3-9,16H2,1-2H3,(H,17,18,21);1H. The third-order valence-electron chi connectivity index (χ3n) is 4.37. The number of H-pyrrole nitrogens is 1. The Labute approximate surface area is 146 Å². The van der Waals surface area contributed by atoms with E-state index in [1.165, 1.54) is 4.88 Å². The molecule has 1 saturated heterocycles. The quantitative estimate of drug-likeness (QED) is 0.856. The van der Waals surface area contributed by atoms with E-state index >= 15 is 0 Å². The predicted octanol–water partition coefficient (Wildman–Crippen LogP) is 1.10. The molecule has 6 nitrogen and oxygen atoms in total. The van der Waals surface area contributed by atoms with E-state index in [0.29, 0.717) is 13.1 Å². The number of aromatic nitrogens is 2. The average Bonchev–Trinajstić information content (AvgIpc) is 2.77. The van der Waals surface area contributed by atoms with Crippen LogP contribution in [0.25, 0.3) is 10.2 Å². The van der Waals surface area contributed by atoms with E-state index in [1.807, 2.05) is 13.8 Å².